The SMILES string of the molecule is C1=C(c2ccc(-c3ccc(-c4ccc[nH]4)cc3)cc2)N=C(c2ccc(-c3cccc4ccccc34)cc2)[C@@H]2CC12c1cc2ccccc2c2ccccc12. The fraction of sp³-hybridized carbons (Fsp3) is 0.0577. The number of nitrogens with zero attached hydrogens (tertiary/aromatic N) is 1. The molecule has 54 heavy (non-hydrogen) atoms. The molecule has 2 aliphatic rings. The maximum absolute atomic E-state index is 5.53. The number of aromatic nitrogens is 1. The fourth-order valence-electron chi connectivity index (χ4n) is 8.97. The standard InChI is InChI=1S/C52H36N2/c1-3-12-42-36(9-1)11-7-16-43(42)37-22-28-40(29-23-37)51-48-32-52(48,47-31-41-10-2-4-13-44(41)45-14-5-6-15-46(45)47)33-50(54-51)39-26-20-35(21-27-39)34-18-24-38(25-19-34)49-17-8-30-53-49/h1-31,33,48,53H,32H2/t48-,52?/m0/s1. The van der Waals surface area contributed by atoms with E-state index in [1.54, 1.807) is 0 Å². The molecule has 1 unspecified atom stereocenters. The molecular weight excluding hydrogens is 653 g/mol. The van der Waals surface area contributed by atoms with Gasteiger partial charge in [0.1, 0.15) is 0 Å². The molecule has 1 N–H and O–H groups in total. The van der Waals surface area contributed by atoms with Gasteiger partial charge in [-0.15, -0.1) is 0 Å². The Bertz CT molecular complexity index is 2920. The predicted octanol–water partition coefficient (Wildman–Crippen LogP) is 13.3. The topological polar surface area (TPSA) is 28.1 Å². The maximum Gasteiger partial charge on any atom is 0.0675 e. The summed E-state index contributed by atoms with van der Waals surface area (Å²) in [6.45, 7) is 0. The summed E-state index contributed by atoms with van der Waals surface area (Å²) < 4.78 is 0. The predicted molar refractivity (Wildman–Crippen MR) is 227 cm³/mol. The van der Waals surface area contributed by atoms with Crippen LogP contribution in [0.2, 0.25) is 0 Å². The van der Waals surface area contributed by atoms with E-state index in [0.717, 1.165) is 23.4 Å². The van der Waals surface area contributed by atoms with Gasteiger partial charge in [0.05, 0.1) is 11.4 Å². The third-order valence-corrected chi connectivity index (χ3v) is 11.8. The van der Waals surface area contributed by atoms with Crippen molar-refractivity contribution in [1.29, 1.82) is 0 Å². The van der Waals surface area contributed by atoms with Crippen LogP contribution >= 0.6 is 0 Å². The Kier molecular flexibility index (Phi) is 6.93. The second-order valence-corrected chi connectivity index (χ2v) is 14.9. The molecule has 0 saturated heterocycles. The molecule has 1 aromatic heterocycles. The molecule has 9 aromatic rings. The Morgan fingerprint density at radius 3 is 1.80 bits per heavy atom. The van der Waals surface area contributed by atoms with Crippen molar-refractivity contribution in [2.45, 2.75) is 11.8 Å². The van der Waals surface area contributed by atoms with Crippen molar-refractivity contribution in [2.24, 2.45) is 10.9 Å². The molecule has 254 valence electrons. The second kappa shape index (κ2) is 12.1. The minimum absolute atomic E-state index is 0.142. The second-order valence-electron chi connectivity index (χ2n) is 14.9. The average Bonchev–Trinajstić information content (AvgIpc) is 3.74. The summed E-state index contributed by atoms with van der Waals surface area (Å²) >= 11 is 0. The number of allylic oxidation sites excluding steroid dienone is 1. The molecule has 1 saturated carbocycles. The lowest BCUT2D eigenvalue weighted by Crippen LogP contribution is -2.19. The number of benzene rings is 8. The van der Waals surface area contributed by atoms with Gasteiger partial charge in [-0.3, -0.25) is 4.99 Å². The first-order chi connectivity index (χ1) is 26.7. The molecule has 0 radical (unpaired) electrons. The van der Waals surface area contributed by atoms with E-state index in [0.29, 0.717) is 5.92 Å². The number of hydrogen-bond donors (Lipinski definition) is 1. The first kappa shape index (κ1) is 30.8. The van der Waals surface area contributed by atoms with Crippen LogP contribution in [0.15, 0.2) is 199 Å². The van der Waals surface area contributed by atoms with E-state index in [2.05, 4.69) is 187 Å². The quantitative estimate of drug-likeness (QED) is 0.168. The van der Waals surface area contributed by atoms with Gasteiger partial charge in [0, 0.05) is 23.2 Å². The zero-order chi connectivity index (χ0) is 35.6. The highest BCUT2D eigenvalue weighted by Crippen LogP contribution is 2.62. The third-order valence-electron chi connectivity index (χ3n) is 11.8. The van der Waals surface area contributed by atoms with Crippen LogP contribution in [0.25, 0.3) is 71.5 Å². The minimum atomic E-state index is -0.142. The number of hydrogen-bond acceptors (Lipinski definition) is 1. The van der Waals surface area contributed by atoms with Gasteiger partial charge >= 0.3 is 0 Å². The van der Waals surface area contributed by atoms with Crippen molar-refractivity contribution < 1.29 is 0 Å². The number of aromatic amines is 1. The van der Waals surface area contributed by atoms with Crippen molar-refractivity contribution >= 4 is 43.7 Å². The summed E-state index contributed by atoms with van der Waals surface area (Å²) in [7, 11) is 0. The Hall–Kier alpha value is -6.77. The first-order valence-corrected chi connectivity index (χ1v) is 18.9. The zero-order valence-electron chi connectivity index (χ0n) is 29.7. The van der Waals surface area contributed by atoms with Crippen LogP contribution in [0.5, 0.6) is 0 Å². The fourth-order valence-corrected chi connectivity index (χ4v) is 8.97. The van der Waals surface area contributed by atoms with E-state index in [4.69, 9.17) is 4.99 Å². The molecule has 2 heteroatoms. The van der Waals surface area contributed by atoms with E-state index in [9.17, 15) is 0 Å². The van der Waals surface area contributed by atoms with Gasteiger partial charge in [-0.1, -0.05) is 164 Å². The van der Waals surface area contributed by atoms with Gasteiger partial charge in [-0.2, -0.15) is 0 Å². The molecule has 2 heterocycles. The van der Waals surface area contributed by atoms with Crippen LogP contribution in [0.1, 0.15) is 23.1 Å². The van der Waals surface area contributed by atoms with E-state index in [1.165, 1.54) is 77.0 Å². The number of rotatable bonds is 6. The number of nitrogens with one attached hydrogen (secondary N) is 1. The first-order valence-electron chi connectivity index (χ1n) is 18.9. The van der Waals surface area contributed by atoms with Gasteiger partial charge in [0.15, 0.2) is 0 Å². The smallest absolute Gasteiger partial charge is 0.0675 e. The lowest BCUT2D eigenvalue weighted by molar-refractivity contribution is 0.847. The van der Waals surface area contributed by atoms with E-state index >= 15 is 0 Å². The molecule has 8 aromatic carbocycles. The van der Waals surface area contributed by atoms with Crippen LogP contribution in [0, 0.1) is 5.92 Å². The summed E-state index contributed by atoms with van der Waals surface area (Å²) in [5.74, 6) is 0.298. The molecular formula is C52H36N2. The summed E-state index contributed by atoms with van der Waals surface area (Å²) in [4.78, 5) is 8.84. The molecule has 1 aliphatic heterocycles. The monoisotopic (exact) mass is 688 g/mol. The minimum Gasteiger partial charge on any atom is -0.361 e. The molecule has 1 fully saturated rings. The van der Waals surface area contributed by atoms with Crippen LogP contribution in [-0.4, -0.2) is 10.7 Å². The van der Waals surface area contributed by atoms with Gasteiger partial charge in [-0.25, -0.2) is 0 Å². The summed E-state index contributed by atoms with van der Waals surface area (Å²) in [6.07, 6.45) is 5.49. The summed E-state index contributed by atoms with van der Waals surface area (Å²) in [6, 6.07) is 66.5. The highest BCUT2D eigenvalue weighted by atomic mass is 14.8. The summed E-state index contributed by atoms with van der Waals surface area (Å²) in [5, 5.41) is 7.78. The average molecular weight is 689 g/mol. The number of fused-ring (bicyclic) bond motifs is 5. The van der Waals surface area contributed by atoms with E-state index in [1.807, 2.05) is 12.3 Å². The van der Waals surface area contributed by atoms with Crippen molar-refractivity contribution in [3.8, 4) is 33.5 Å². The van der Waals surface area contributed by atoms with Crippen molar-refractivity contribution in [2.75, 3.05) is 0 Å². The molecule has 11 rings (SSSR count). The molecule has 0 spiro atoms. The Labute approximate surface area is 314 Å². The van der Waals surface area contributed by atoms with Crippen molar-refractivity contribution in [3.05, 3.63) is 211 Å². The van der Waals surface area contributed by atoms with Crippen molar-refractivity contribution in [3.63, 3.8) is 0 Å². The van der Waals surface area contributed by atoms with Gasteiger partial charge in [0.2, 0.25) is 0 Å². The molecule has 2 nitrogen and oxygen atoms in total. The molecule has 0 bridgehead atoms. The molecule has 1 aliphatic carbocycles. The normalized spacial score (nSPS) is 17.7. The van der Waals surface area contributed by atoms with E-state index in [-0.39, 0.29) is 5.41 Å². The zero-order valence-corrected chi connectivity index (χ0v) is 29.7. The Morgan fingerprint density at radius 1 is 0.463 bits per heavy atom. The third kappa shape index (κ3) is 4.98. The van der Waals surface area contributed by atoms with Crippen LogP contribution in [-0.2, 0) is 5.41 Å². The molecule has 0 amide bonds. The highest BCUT2D eigenvalue weighted by molar-refractivity contribution is 6.14. The van der Waals surface area contributed by atoms with E-state index < -0.39 is 0 Å². The van der Waals surface area contributed by atoms with Gasteiger partial charge in [-0.05, 0) is 108 Å². The summed E-state index contributed by atoms with van der Waals surface area (Å²) in [5.41, 5.74) is 13.0. The molecule has 2 atom stereocenters. The van der Waals surface area contributed by atoms with Crippen LogP contribution in [0.4, 0.5) is 0 Å². The van der Waals surface area contributed by atoms with Crippen LogP contribution < -0.4 is 0 Å². The Balaban J connectivity index is 1.02. The van der Waals surface area contributed by atoms with Crippen LogP contribution in [0.3, 0.4) is 0 Å². The number of aliphatic imine (C=N–C) groups is 1. The van der Waals surface area contributed by atoms with Crippen molar-refractivity contribution in [1.82, 2.24) is 4.98 Å². The lowest BCUT2D eigenvalue weighted by Gasteiger charge is -2.24. The number of H-pyrrole nitrogens is 1. The maximum atomic E-state index is 5.53. The Morgan fingerprint density at radius 2 is 1.06 bits per heavy atom. The van der Waals surface area contributed by atoms with Gasteiger partial charge < -0.3 is 4.98 Å². The largest absolute Gasteiger partial charge is 0.361 e. The van der Waals surface area contributed by atoms with Gasteiger partial charge in [0.25, 0.3) is 0 Å². The highest BCUT2D eigenvalue weighted by Gasteiger charge is 2.59. The lowest BCUT2D eigenvalue weighted by atomic mass is 9.82.